The van der Waals surface area contributed by atoms with Crippen LogP contribution in [0.2, 0.25) is 0 Å². The zero-order valence-electron chi connectivity index (χ0n) is 14.7. The monoisotopic (exact) mass is 362 g/mol. The molecule has 0 radical (unpaired) electrons. The average Bonchev–Trinajstić information content (AvgIpc) is 2.67. The summed E-state index contributed by atoms with van der Waals surface area (Å²) < 4.78 is 5.02. The maximum absolute atomic E-state index is 12.7. The molecule has 2 aromatic carbocycles. The van der Waals surface area contributed by atoms with Crippen LogP contribution in [0.3, 0.4) is 0 Å². The van der Waals surface area contributed by atoms with Gasteiger partial charge in [-0.2, -0.15) is 0 Å². The lowest BCUT2D eigenvalue weighted by molar-refractivity contribution is -0.138. The summed E-state index contributed by atoms with van der Waals surface area (Å²) in [7, 11) is 0. The van der Waals surface area contributed by atoms with E-state index in [0.29, 0.717) is 11.4 Å². The Kier molecular flexibility index (Phi) is 5.47. The Bertz CT molecular complexity index is 945. The van der Waals surface area contributed by atoms with E-state index in [0.717, 1.165) is 0 Å². The van der Waals surface area contributed by atoms with E-state index in [1.54, 1.807) is 43.3 Å². The van der Waals surface area contributed by atoms with E-state index in [9.17, 15) is 14.7 Å². The molecule has 6 heteroatoms. The minimum Gasteiger partial charge on any atom is -0.505 e. The number of nitrogens with one attached hydrogen (secondary N) is 1. The minimum absolute atomic E-state index is 0.105. The van der Waals surface area contributed by atoms with E-state index >= 15 is 0 Å². The Morgan fingerprint density at radius 2 is 1.70 bits per heavy atom. The van der Waals surface area contributed by atoms with Gasteiger partial charge in [-0.15, -0.1) is 0 Å². The summed E-state index contributed by atoms with van der Waals surface area (Å²) in [5.41, 5.74) is 0.849. The highest BCUT2D eigenvalue weighted by Gasteiger charge is 2.33. The van der Waals surface area contributed by atoms with Crippen LogP contribution < -0.4 is 5.32 Å². The van der Waals surface area contributed by atoms with Gasteiger partial charge in [0.15, 0.2) is 5.76 Å². The van der Waals surface area contributed by atoms with Crippen molar-refractivity contribution in [2.24, 2.45) is 4.99 Å². The van der Waals surface area contributed by atoms with Crippen molar-refractivity contribution in [3.63, 3.8) is 0 Å². The van der Waals surface area contributed by atoms with Crippen LogP contribution in [-0.4, -0.2) is 29.2 Å². The second-order valence-electron chi connectivity index (χ2n) is 5.65. The summed E-state index contributed by atoms with van der Waals surface area (Å²) in [4.78, 5) is 29.3. The molecule has 0 spiro atoms. The SMILES string of the molecule is CCOC(=O)C1=C(O)C(Nc2ccccc2)=CC(=O)C1=Nc1ccccc1. The van der Waals surface area contributed by atoms with Gasteiger partial charge >= 0.3 is 5.97 Å². The predicted molar refractivity (Wildman–Crippen MR) is 103 cm³/mol. The van der Waals surface area contributed by atoms with Gasteiger partial charge in [0, 0.05) is 11.8 Å². The van der Waals surface area contributed by atoms with Crippen LogP contribution in [-0.2, 0) is 14.3 Å². The molecule has 136 valence electrons. The fourth-order valence-electron chi connectivity index (χ4n) is 2.55. The van der Waals surface area contributed by atoms with E-state index in [1.165, 1.54) is 6.08 Å². The molecule has 0 heterocycles. The van der Waals surface area contributed by atoms with Crippen molar-refractivity contribution < 1.29 is 19.4 Å². The summed E-state index contributed by atoms with van der Waals surface area (Å²) in [5.74, 6) is -1.69. The fraction of sp³-hybridized carbons (Fsp3) is 0.0952. The number of carbonyl (C=O) groups is 2. The van der Waals surface area contributed by atoms with Crippen molar-refractivity contribution in [3.05, 3.63) is 83.8 Å². The Morgan fingerprint density at radius 3 is 2.33 bits per heavy atom. The number of carbonyl (C=O) groups excluding carboxylic acids is 2. The molecule has 0 aliphatic heterocycles. The van der Waals surface area contributed by atoms with Crippen LogP contribution in [0.4, 0.5) is 11.4 Å². The van der Waals surface area contributed by atoms with Gasteiger partial charge in [0.25, 0.3) is 0 Å². The van der Waals surface area contributed by atoms with E-state index in [-0.39, 0.29) is 29.3 Å². The largest absolute Gasteiger partial charge is 0.505 e. The summed E-state index contributed by atoms with van der Waals surface area (Å²) >= 11 is 0. The lowest BCUT2D eigenvalue weighted by Crippen LogP contribution is -2.29. The molecule has 0 saturated heterocycles. The number of aliphatic imine (C=N–C) groups is 1. The third kappa shape index (κ3) is 4.12. The van der Waals surface area contributed by atoms with Crippen LogP contribution in [0.15, 0.2) is 88.8 Å². The number of aliphatic hydroxyl groups is 1. The zero-order chi connectivity index (χ0) is 19.2. The standard InChI is InChI=1S/C21H18N2O4/c1-2-27-21(26)18-19(23-15-11-7-4-8-12-15)17(24)13-16(20(18)25)22-14-9-5-3-6-10-14/h3-13,22,25H,2H2,1H3. The van der Waals surface area contributed by atoms with Crippen LogP contribution in [0.1, 0.15) is 6.92 Å². The summed E-state index contributed by atoms with van der Waals surface area (Å²) in [6.07, 6.45) is 1.22. The minimum atomic E-state index is -0.807. The quantitative estimate of drug-likeness (QED) is 0.625. The number of ketones is 1. The van der Waals surface area contributed by atoms with E-state index in [2.05, 4.69) is 10.3 Å². The van der Waals surface area contributed by atoms with Crippen molar-refractivity contribution in [1.29, 1.82) is 0 Å². The highest BCUT2D eigenvalue weighted by molar-refractivity contribution is 6.56. The number of nitrogens with zero attached hydrogens (tertiary/aromatic N) is 1. The average molecular weight is 362 g/mol. The molecule has 0 saturated carbocycles. The summed E-state index contributed by atoms with van der Waals surface area (Å²) in [5, 5.41) is 13.6. The highest BCUT2D eigenvalue weighted by atomic mass is 16.5. The van der Waals surface area contributed by atoms with Crippen LogP contribution in [0.5, 0.6) is 0 Å². The number of para-hydroxylation sites is 2. The number of ether oxygens (including phenoxy) is 1. The van der Waals surface area contributed by atoms with E-state index in [4.69, 9.17) is 4.74 Å². The lowest BCUT2D eigenvalue weighted by atomic mass is 9.97. The van der Waals surface area contributed by atoms with Crippen molar-refractivity contribution in [2.45, 2.75) is 6.92 Å². The second kappa shape index (κ2) is 8.14. The molecule has 0 unspecified atom stereocenters. The maximum Gasteiger partial charge on any atom is 0.344 e. The second-order valence-corrected chi connectivity index (χ2v) is 5.65. The van der Waals surface area contributed by atoms with Crippen molar-refractivity contribution in [2.75, 3.05) is 11.9 Å². The normalized spacial score (nSPS) is 15.5. The Labute approximate surface area is 156 Å². The molecule has 2 N–H and O–H groups in total. The van der Waals surface area contributed by atoms with Gasteiger partial charge in [-0.1, -0.05) is 36.4 Å². The van der Waals surface area contributed by atoms with Crippen molar-refractivity contribution in [3.8, 4) is 0 Å². The third-order valence-electron chi connectivity index (χ3n) is 3.77. The van der Waals surface area contributed by atoms with Gasteiger partial charge in [0.1, 0.15) is 11.3 Å². The maximum atomic E-state index is 12.7. The van der Waals surface area contributed by atoms with Gasteiger partial charge in [-0.3, -0.25) is 4.79 Å². The molecule has 0 bridgehead atoms. The van der Waals surface area contributed by atoms with Gasteiger partial charge in [-0.05, 0) is 31.2 Å². The summed E-state index contributed by atoms with van der Waals surface area (Å²) in [6.45, 7) is 1.75. The van der Waals surface area contributed by atoms with Gasteiger partial charge in [0.2, 0.25) is 5.78 Å². The Morgan fingerprint density at radius 1 is 1.07 bits per heavy atom. The number of hydrogen-bond donors (Lipinski definition) is 2. The summed E-state index contributed by atoms with van der Waals surface area (Å²) in [6, 6.07) is 17.7. The fourth-order valence-corrected chi connectivity index (χ4v) is 2.55. The van der Waals surface area contributed by atoms with Crippen LogP contribution >= 0.6 is 0 Å². The number of esters is 1. The highest BCUT2D eigenvalue weighted by Crippen LogP contribution is 2.25. The molecule has 0 atom stereocenters. The smallest absolute Gasteiger partial charge is 0.344 e. The number of allylic oxidation sites excluding steroid dienone is 1. The molecule has 0 fully saturated rings. The molecule has 3 rings (SSSR count). The number of benzene rings is 2. The first-order chi connectivity index (χ1) is 13.1. The molecule has 0 aromatic heterocycles. The predicted octanol–water partition coefficient (Wildman–Crippen LogP) is 3.71. The third-order valence-corrected chi connectivity index (χ3v) is 3.77. The van der Waals surface area contributed by atoms with Crippen molar-refractivity contribution >= 4 is 28.8 Å². The van der Waals surface area contributed by atoms with Crippen LogP contribution in [0, 0.1) is 0 Å². The first-order valence-electron chi connectivity index (χ1n) is 8.43. The molecule has 1 aliphatic carbocycles. The first kappa shape index (κ1) is 18.1. The molecule has 1 aliphatic rings. The molecule has 6 nitrogen and oxygen atoms in total. The number of aliphatic hydroxyl groups excluding tert-OH is 1. The van der Waals surface area contributed by atoms with Crippen molar-refractivity contribution in [1.82, 2.24) is 0 Å². The van der Waals surface area contributed by atoms with E-state index in [1.807, 2.05) is 24.3 Å². The number of hydrogen-bond acceptors (Lipinski definition) is 6. The van der Waals surface area contributed by atoms with Gasteiger partial charge < -0.3 is 15.2 Å². The Hall–Kier alpha value is -3.67. The Balaban J connectivity index is 2.05. The molecular formula is C21H18N2O4. The van der Waals surface area contributed by atoms with Gasteiger partial charge in [-0.25, -0.2) is 9.79 Å². The van der Waals surface area contributed by atoms with Crippen LogP contribution in [0.25, 0.3) is 0 Å². The van der Waals surface area contributed by atoms with E-state index < -0.39 is 11.8 Å². The molecular weight excluding hydrogens is 344 g/mol. The van der Waals surface area contributed by atoms with Gasteiger partial charge in [0.05, 0.1) is 18.0 Å². The topological polar surface area (TPSA) is 88.0 Å². The number of rotatable bonds is 5. The molecule has 27 heavy (non-hydrogen) atoms. The number of anilines is 1. The first-order valence-corrected chi connectivity index (χ1v) is 8.43. The molecule has 0 amide bonds. The molecule has 2 aromatic rings. The zero-order valence-corrected chi connectivity index (χ0v) is 14.7. The lowest BCUT2D eigenvalue weighted by Gasteiger charge is -2.19.